The average Bonchev–Trinajstić information content (AvgIpc) is 3.30. The lowest BCUT2D eigenvalue weighted by Crippen LogP contribution is -2.46. The van der Waals surface area contributed by atoms with Crippen molar-refractivity contribution in [3.05, 3.63) is 125 Å². The molecule has 39 heavy (non-hydrogen) atoms. The number of hydrogen-bond donors (Lipinski definition) is 1. The number of hydrogen-bond acceptors (Lipinski definition) is 6. The summed E-state index contributed by atoms with van der Waals surface area (Å²) in [4.78, 5) is 16.9. The number of nitrogens with one attached hydrogen (secondary N) is 1. The maximum absolute atomic E-state index is 5.29. The standard InChI is InChI=1S/C32H27N7/c1-20-8-12-24(13-9-20)34-30-32-36-31-28(22(3)37-39(31)25-14-10-21(2)11-15-25)29(23-16-18-33-19-17-23)38(32)27-7-5-4-6-26(27)35-30/h4-19,29H,1-3H3,(H,34,35)/t29-/m1/s1. The Morgan fingerprint density at radius 3 is 2.18 bits per heavy atom. The van der Waals surface area contributed by atoms with Gasteiger partial charge in [-0.15, -0.1) is 0 Å². The molecule has 190 valence electrons. The number of rotatable bonds is 3. The van der Waals surface area contributed by atoms with E-state index in [0.29, 0.717) is 5.84 Å². The lowest BCUT2D eigenvalue weighted by atomic mass is 9.94. The van der Waals surface area contributed by atoms with Crippen molar-refractivity contribution in [3.63, 3.8) is 0 Å². The van der Waals surface area contributed by atoms with Crippen molar-refractivity contribution in [2.75, 3.05) is 10.2 Å². The minimum Gasteiger partial charge on any atom is -0.337 e. The second-order valence-electron chi connectivity index (χ2n) is 10.00. The summed E-state index contributed by atoms with van der Waals surface area (Å²) in [6.07, 6.45) is 3.69. The SMILES string of the molecule is Cc1ccc(NC2=Nc3ccccc3N3C2=Nc2c(c(C)nn2-c2ccc(C)cc2)[C@H]3c2ccncc2)cc1. The number of aromatic nitrogens is 3. The summed E-state index contributed by atoms with van der Waals surface area (Å²) < 4.78 is 1.95. The van der Waals surface area contributed by atoms with E-state index >= 15 is 0 Å². The van der Waals surface area contributed by atoms with E-state index in [0.717, 1.165) is 51.2 Å². The van der Waals surface area contributed by atoms with Crippen LogP contribution in [0.1, 0.15) is 34.0 Å². The average molecular weight is 510 g/mol. The lowest BCUT2D eigenvalue weighted by Gasteiger charge is -2.40. The quantitative estimate of drug-likeness (QED) is 0.285. The Morgan fingerprint density at radius 1 is 0.744 bits per heavy atom. The van der Waals surface area contributed by atoms with Crippen LogP contribution in [-0.4, -0.2) is 26.4 Å². The zero-order valence-electron chi connectivity index (χ0n) is 22.0. The monoisotopic (exact) mass is 509 g/mol. The molecule has 0 radical (unpaired) electrons. The van der Waals surface area contributed by atoms with Crippen molar-refractivity contribution in [1.82, 2.24) is 14.8 Å². The number of para-hydroxylation sites is 2. The molecule has 0 fully saturated rings. The minimum atomic E-state index is -0.166. The van der Waals surface area contributed by atoms with Crippen molar-refractivity contribution >= 4 is 34.6 Å². The number of benzene rings is 3. The van der Waals surface area contributed by atoms with Crippen LogP contribution in [0.15, 0.2) is 107 Å². The Morgan fingerprint density at radius 2 is 1.44 bits per heavy atom. The smallest absolute Gasteiger partial charge is 0.179 e. The van der Waals surface area contributed by atoms with Gasteiger partial charge in [-0.05, 0) is 74.9 Å². The van der Waals surface area contributed by atoms with Gasteiger partial charge in [0.15, 0.2) is 17.5 Å². The van der Waals surface area contributed by atoms with E-state index in [1.54, 1.807) is 0 Å². The van der Waals surface area contributed by atoms with Gasteiger partial charge in [-0.25, -0.2) is 14.7 Å². The van der Waals surface area contributed by atoms with Crippen molar-refractivity contribution in [1.29, 1.82) is 0 Å². The van der Waals surface area contributed by atoms with Crippen LogP contribution in [0.3, 0.4) is 0 Å². The van der Waals surface area contributed by atoms with Crippen LogP contribution >= 0.6 is 0 Å². The first-order chi connectivity index (χ1) is 19.1. The molecule has 0 saturated carbocycles. The van der Waals surface area contributed by atoms with Gasteiger partial charge >= 0.3 is 0 Å². The van der Waals surface area contributed by atoms with Crippen molar-refractivity contribution in [2.45, 2.75) is 26.8 Å². The first-order valence-corrected chi connectivity index (χ1v) is 13.0. The van der Waals surface area contributed by atoms with Crippen LogP contribution in [0.5, 0.6) is 0 Å². The molecule has 1 atom stereocenters. The number of aliphatic imine (C=N–C) groups is 2. The normalized spacial score (nSPS) is 15.6. The van der Waals surface area contributed by atoms with Crippen LogP contribution in [0.2, 0.25) is 0 Å². The van der Waals surface area contributed by atoms with E-state index in [2.05, 4.69) is 103 Å². The van der Waals surface area contributed by atoms with Crippen LogP contribution in [0.25, 0.3) is 5.69 Å². The summed E-state index contributed by atoms with van der Waals surface area (Å²) in [5.74, 6) is 2.25. The topological polar surface area (TPSA) is 70.7 Å². The van der Waals surface area contributed by atoms with Crippen molar-refractivity contribution in [3.8, 4) is 5.69 Å². The predicted molar refractivity (Wildman–Crippen MR) is 157 cm³/mol. The number of anilines is 2. The van der Waals surface area contributed by atoms with Gasteiger partial charge in [0.25, 0.3) is 0 Å². The summed E-state index contributed by atoms with van der Waals surface area (Å²) in [6.45, 7) is 6.23. The predicted octanol–water partition coefficient (Wildman–Crippen LogP) is 6.99. The van der Waals surface area contributed by atoms with Gasteiger partial charge in [0, 0.05) is 23.6 Å². The maximum Gasteiger partial charge on any atom is 0.179 e. The third-order valence-corrected chi connectivity index (χ3v) is 7.25. The van der Waals surface area contributed by atoms with E-state index in [-0.39, 0.29) is 6.04 Å². The maximum atomic E-state index is 5.29. The Labute approximate surface area is 227 Å². The molecule has 1 N–H and O–H groups in total. The van der Waals surface area contributed by atoms with Crippen LogP contribution in [0, 0.1) is 20.8 Å². The van der Waals surface area contributed by atoms with Gasteiger partial charge in [0.1, 0.15) is 0 Å². The molecule has 0 amide bonds. The van der Waals surface area contributed by atoms with Gasteiger partial charge in [0.05, 0.1) is 28.8 Å². The Bertz CT molecular complexity index is 1750. The van der Waals surface area contributed by atoms with E-state index in [9.17, 15) is 0 Å². The third kappa shape index (κ3) is 3.90. The molecule has 3 aromatic carbocycles. The molecule has 2 aromatic heterocycles. The summed E-state index contributed by atoms with van der Waals surface area (Å²) in [5, 5.41) is 8.57. The fraction of sp³-hybridized carbons (Fsp3) is 0.125. The Balaban J connectivity index is 1.49. The van der Waals surface area contributed by atoms with Crippen molar-refractivity contribution in [2.24, 2.45) is 9.98 Å². The molecule has 0 bridgehead atoms. The number of nitrogens with zero attached hydrogens (tertiary/aromatic N) is 6. The van der Waals surface area contributed by atoms with E-state index < -0.39 is 0 Å². The number of fused-ring (bicyclic) bond motifs is 4. The molecular weight excluding hydrogens is 482 g/mol. The van der Waals surface area contributed by atoms with Gasteiger partial charge < -0.3 is 10.2 Å². The first kappa shape index (κ1) is 23.1. The van der Waals surface area contributed by atoms with Crippen LogP contribution in [-0.2, 0) is 0 Å². The number of aryl methyl sites for hydroxylation is 3. The summed E-state index contributed by atoms with van der Waals surface area (Å²) >= 11 is 0. The van der Waals surface area contributed by atoms with Crippen molar-refractivity contribution < 1.29 is 0 Å². The highest BCUT2D eigenvalue weighted by Gasteiger charge is 2.41. The number of amidine groups is 2. The molecule has 0 saturated heterocycles. The fourth-order valence-corrected chi connectivity index (χ4v) is 5.30. The summed E-state index contributed by atoms with van der Waals surface area (Å²) in [5.41, 5.74) is 9.32. The molecule has 7 rings (SSSR count). The van der Waals surface area contributed by atoms with Gasteiger partial charge in [-0.2, -0.15) is 5.10 Å². The summed E-state index contributed by atoms with van der Waals surface area (Å²) in [6, 6.07) is 28.9. The van der Waals surface area contributed by atoms with E-state index in [1.165, 1.54) is 11.1 Å². The van der Waals surface area contributed by atoms with Gasteiger partial charge in [-0.1, -0.05) is 47.5 Å². The lowest BCUT2D eigenvalue weighted by molar-refractivity contribution is 0.813. The molecule has 0 unspecified atom stereocenters. The second kappa shape index (κ2) is 9.06. The van der Waals surface area contributed by atoms with Crippen LogP contribution < -0.4 is 10.2 Å². The molecule has 2 aliphatic rings. The Kier molecular flexibility index (Phi) is 5.37. The highest BCUT2D eigenvalue weighted by atomic mass is 15.4. The number of pyridine rings is 1. The molecule has 2 aliphatic heterocycles. The van der Waals surface area contributed by atoms with Crippen LogP contribution in [0.4, 0.5) is 22.9 Å². The first-order valence-electron chi connectivity index (χ1n) is 13.0. The van der Waals surface area contributed by atoms with E-state index in [4.69, 9.17) is 15.1 Å². The van der Waals surface area contributed by atoms with Gasteiger partial charge in [0.2, 0.25) is 0 Å². The molecule has 4 heterocycles. The van der Waals surface area contributed by atoms with Gasteiger partial charge in [-0.3, -0.25) is 4.98 Å². The summed E-state index contributed by atoms with van der Waals surface area (Å²) in [7, 11) is 0. The highest BCUT2D eigenvalue weighted by Crippen LogP contribution is 2.48. The van der Waals surface area contributed by atoms with E-state index in [1.807, 2.05) is 35.3 Å². The Hall–Kier alpha value is -5.04. The molecule has 0 spiro atoms. The molecular formula is C32H27N7. The zero-order valence-corrected chi connectivity index (χ0v) is 22.0. The molecule has 7 nitrogen and oxygen atoms in total. The molecule has 5 aromatic rings. The fourth-order valence-electron chi connectivity index (χ4n) is 5.30. The molecule has 0 aliphatic carbocycles. The minimum absolute atomic E-state index is 0.166. The largest absolute Gasteiger partial charge is 0.337 e. The molecule has 7 heteroatoms. The second-order valence-corrected chi connectivity index (χ2v) is 10.00. The highest BCUT2D eigenvalue weighted by molar-refractivity contribution is 6.51. The zero-order chi connectivity index (χ0) is 26.5. The third-order valence-electron chi connectivity index (χ3n) is 7.25.